The minimum absolute atomic E-state index is 0.215. The van der Waals surface area contributed by atoms with Crippen molar-refractivity contribution in [1.82, 2.24) is 4.90 Å². The molecule has 0 aliphatic carbocycles. The first kappa shape index (κ1) is 10.4. The van der Waals surface area contributed by atoms with Gasteiger partial charge in [-0.1, -0.05) is 0 Å². The number of carboxylic acid groups (broad SMARTS) is 1. The average Bonchev–Trinajstić information content (AvgIpc) is 2.30. The van der Waals surface area contributed by atoms with Crippen LogP contribution in [0.25, 0.3) is 0 Å². The fourth-order valence-corrected chi connectivity index (χ4v) is 1.54. The third-order valence-electron chi connectivity index (χ3n) is 2.74. The molecule has 1 rings (SSSR count). The number of hydrogen-bond acceptors (Lipinski definition) is 2. The Kier molecular flexibility index (Phi) is 2.36. The Hall–Kier alpha value is -0.640. The van der Waals surface area contributed by atoms with Gasteiger partial charge in [-0.25, -0.2) is 4.39 Å². The zero-order valence-electron chi connectivity index (χ0n) is 8.30. The highest BCUT2D eigenvalue weighted by Gasteiger charge is 2.43. The Balaban J connectivity index is 2.71. The maximum atomic E-state index is 13.4. The lowest BCUT2D eigenvalue weighted by atomic mass is 10.0. The first-order valence-electron chi connectivity index (χ1n) is 4.43. The topological polar surface area (TPSA) is 40.5 Å². The number of carboxylic acids is 1. The van der Waals surface area contributed by atoms with Crippen LogP contribution in [0, 0.1) is 0 Å². The summed E-state index contributed by atoms with van der Waals surface area (Å²) in [5.74, 6) is -0.898. The third-order valence-corrected chi connectivity index (χ3v) is 2.74. The lowest BCUT2D eigenvalue weighted by molar-refractivity contribution is -0.148. The molecular weight excluding hydrogens is 173 g/mol. The van der Waals surface area contributed by atoms with Crippen LogP contribution < -0.4 is 0 Å². The minimum Gasteiger partial charge on any atom is -0.480 e. The predicted octanol–water partition coefficient (Wildman–Crippen LogP) is 1.28. The number of halogens is 1. The SMILES string of the molecule is CC1(F)CCN(C(C)(C)C(=O)O)C1. The van der Waals surface area contributed by atoms with E-state index in [0.29, 0.717) is 13.0 Å². The normalized spacial score (nSPS) is 30.8. The van der Waals surface area contributed by atoms with Crippen molar-refractivity contribution in [2.24, 2.45) is 0 Å². The van der Waals surface area contributed by atoms with Crippen LogP contribution in [0.15, 0.2) is 0 Å². The molecule has 13 heavy (non-hydrogen) atoms. The van der Waals surface area contributed by atoms with Crippen molar-refractivity contribution in [3.8, 4) is 0 Å². The van der Waals surface area contributed by atoms with E-state index in [1.54, 1.807) is 18.7 Å². The van der Waals surface area contributed by atoms with E-state index < -0.39 is 17.2 Å². The van der Waals surface area contributed by atoms with Crippen LogP contribution in [0.5, 0.6) is 0 Å². The second-order valence-corrected chi connectivity index (χ2v) is 4.45. The molecule has 1 heterocycles. The van der Waals surface area contributed by atoms with Crippen molar-refractivity contribution in [3.63, 3.8) is 0 Å². The van der Waals surface area contributed by atoms with Crippen LogP contribution in [0.1, 0.15) is 27.2 Å². The molecule has 4 heteroatoms. The molecular formula is C9H16FNO2. The fourth-order valence-electron chi connectivity index (χ4n) is 1.54. The maximum Gasteiger partial charge on any atom is 0.323 e. The van der Waals surface area contributed by atoms with Crippen LogP contribution >= 0.6 is 0 Å². The Morgan fingerprint density at radius 3 is 2.46 bits per heavy atom. The van der Waals surface area contributed by atoms with Gasteiger partial charge >= 0.3 is 5.97 Å². The van der Waals surface area contributed by atoms with E-state index in [2.05, 4.69) is 0 Å². The van der Waals surface area contributed by atoms with E-state index in [1.165, 1.54) is 6.92 Å². The summed E-state index contributed by atoms with van der Waals surface area (Å²) in [6.45, 7) is 5.47. The van der Waals surface area contributed by atoms with Gasteiger partial charge < -0.3 is 5.11 Å². The van der Waals surface area contributed by atoms with Crippen molar-refractivity contribution in [1.29, 1.82) is 0 Å². The molecule has 0 aromatic carbocycles. The van der Waals surface area contributed by atoms with Gasteiger partial charge in [0.25, 0.3) is 0 Å². The quantitative estimate of drug-likeness (QED) is 0.711. The van der Waals surface area contributed by atoms with Crippen molar-refractivity contribution >= 4 is 5.97 Å². The molecule has 0 aromatic heterocycles. The van der Waals surface area contributed by atoms with Gasteiger partial charge in [0.05, 0.1) is 0 Å². The first-order chi connectivity index (χ1) is 5.76. The van der Waals surface area contributed by atoms with Crippen molar-refractivity contribution in [2.75, 3.05) is 13.1 Å². The standard InChI is InChI=1S/C9H16FNO2/c1-8(2,7(12)13)11-5-4-9(3,10)6-11/h4-6H2,1-3H3,(H,12,13). The van der Waals surface area contributed by atoms with Gasteiger partial charge in [0, 0.05) is 13.1 Å². The van der Waals surface area contributed by atoms with Crippen LogP contribution in [-0.4, -0.2) is 40.3 Å². The molecule has 0 amide bonds. The van der Waals surface area contributed by atoms with Gasteiger partial charge in [-0.2, -0.15) is 0 Å². The van der Waals surface area contributed by atoms with Gasteiger partial charge in [0.1, 0.15) is 11.2 Å². The molecule has 76 valence electrons. The molecule has 1 aliphatic rings. The minimum atomic E-state index is -1.23. The van der Waals surface area contributed by atoms with Gasteiger partial charge in [-0.05, 0) is 27.2 Å². The molecule has 0 aromatic rings. The van der Waals surface area contributed by atoms with Crippen LogP contribution in [-0.2, 0) is 4.79 Å². The molecule has 1 fully saturated rings. The average molecular weight is 189 g/mol. The Bertz CT molecular complexity index is 226. The monoisotopic (exact) mass is 189 g/mol. The molecule has 1 atom stereocenters. The van der Waals surface area contributed by atoms with Crippen LogP contribution in [0.2, 0.25) is 0 Å². The van der Waals surface area contributed by atoms with E-state index in [1.807, 2.05) is 0 Å². The van der Waals surface area contributed by atoms with Crippen molar-refractivity contribution in [3.05, 3.63) is 0 Å². The summed E-state index contributed by atoms with van der Waals surface area (Å²) in [6, 6.07) is 0. The number of alkyl halides is 1. The Morgan fingerprint density at radius 1 is 1.62 bits per heavy atom. The van der Waals surface area contributed by atoms with Gasteiger partial charge in [0.15, 0.2) is 0 Å². The zero-order chi connectivity index (χ0) is 10.3. The number of carbonyl (C=O) groups is 1. The van der Waals surface area contributed by atoms with Crippen LogP contribution in [0.3, 0.4) is 0 Å². The summed E-state index contributed by atoms with van der Waals surface area (Å²) < 4.78 is 13.4. The molecule has 0 spiro atoms. The number of likely N-dealkylation sites (tertiary alicyclic amines) is 1. The molecule has 1 aliphatic heterocycles. The highest BCUT2D eigenvalue weighted by atomic mass is 19.1. The summed E-state index contributed by atoms with van der Waals surface area (Å²) in [7, 11) is 0. The first-order valence-corrected chi connectivity index (χ1v) is 4.43. The van der Waals surface area contributed by atoms with Gasteiger partial charge in [0.2, 0.25) is 0 Å². The molecule has 0 bridgehead atoms. The van der Waals surface area contributed by atoms with Crippen LogP contribution in [0.4, 0.5) is 4.39 Å². The highest BCUT2D eigenvalue weighted by molar-refractivity contribution is 5.77. The number of nitrogens with zero attached hydrogens (tertiary/aromatic N) is 1. The smallest absolute Gasteiger partial charge is 0.323 e. The molecule has 0 saturated carbocycles. The largest absolute Gasteiger partial charge is 0.480 e. The van der Waals surface area contributed by atoms with E-state index >= 15 is 0 Å². The summed E-state index contributed by atoms with van der Waals surface area (Å²) in [6.07, 6.45) is 0.420. The van der Waals surface area contributed by atoms with E-state index in [4.69, 9.17) is 5.11 Å². The summed E-state index contributed by atoms with van der Waals surface area (Å²) in [4.78, 5) is 12.5. The number of hydrogen-bond donors (Lipinski definition) is 1. The third kappa shape index (κ3) is 1.99. The van der Waals surface area contributed by atoms with E-state index in [9.17, 15) is 9.18 Å². The number of rotatable bonds is 2. The zero-order valence-corrected chi connectivity index (χ0v) is 8.30. The molecule has 1 unspecified atom stereocenters. The maximum absolute atomic E-state index is 13.4. The van der Waals surface area contributed by atoms with Gasteiger partial charge in [-0.15, -0.1) is 0 Å². The second kappa shape index (κ2) is 2.94. The summed E-state index contributed by atoms with van der Waals surface area (Å²) in [5.41, 5.74) is -2.18. The van der Waals surface area contributed by atoms with E-state index in [0.717, 1.165) is 0 Å². The lowest BCUT2D eigenvalue weighted by Crippen LogP contribution is -2.49. The Labute approximate surface area is 77.5 Å². The summed E-state index contributed by atoms with van der Waals surface area (Å²) in [5, 5.41) is 8.91. The second-order valence-electron chi connectivity index (χ2n) is 4.45. The fraction of sp³-hybridized carbons (Fsp3) is 0.889. The highest BCUT2D eigenvalue weighted by Crippen LogP contribution is 2.30. The lowest BCUT2D eigenvalue weighted by Gasteiger charge is -2.31. The van der Waals surface area contributed by atoms with Gasteiger partial charge in [-0.3, -0.25) is 9.69 Å². The Morgan fingerprint density at radius 2 is 2.15 bits per heavy atom. The molecule has 0 radical (unpaired) electrons. The van der Waals surface area contributed by atoms with Crippen molar-refractivity contribution in [2.45, 2.75) is 38.4 Å². The number of aliphatic carboxylic acids is 1. The van der Waals surface area contributed by atoms with E-state index in [-0.39, 0.29) is 6.54 Å². The summed E-state index contributed by atoms with van der Waals surface area (Å²) >= 11 is 0. The molecule has 3 nitrogen and oxygen atoms in total. The predicted molar refractivity (Wildman–Crippen MR) is 47.4 cm³/mol. The molecule has 1 N–H and O–H groups in total. The molecule has 1 saturated heterocycles. The van der Waals surface area contributed by atoms with Crippen molar-refractivity contribution < 1.29 is 14.3 Å².